The van der Waals surface area contributed by atoms with Gasteiger partial charge < -0.3 is 9.47 Å². The van der Waals surface area contributed by atoms with E-state index in [0.29, 0.717) is 29.8 Å². The topological polar surface area (TPSA) is 64.6 Å². The summed E-state index contributed by atoms with van der Waals surface area (Å²) >= 11 is 3.30. The first-order valence-corrected chi connectivity index (χ1v) is 10.3. The Morgan fingerprint density at radius 3 is 2.56 bits per heavy atom. The molecule has 1 N–H and O–H groups in total. The van der Waals surface area contributed by atoms with Gasteiger partial charge in [0.15, 0.2) is 0 Å². The molecule has 0 bridgehead atoms. The molecule has 2 aromatic rings. The van der Waals surface area contributed by atoms with Crippen LogP contribution in [0.15, 0.2) is 51.8 Å². The van der Waals surface area contributed by atoms with E-state index in [1.165, 1.54) is 19.2 Å². The van der Waals surface area contributed by atoms with E-state index in [9.17, 15) is 8.42 Å². The van der Waals surface area contributed by atoms with Gasteiger partial charge in [-0.1, -0.05) is 18.2 Å². The van der Waals surface area contributed by atoms with Gasteiger partial charge in [0.2, 0.25) is 10.0 Å². The molecule has 2 aromatic carbocycles. The monoisotopic (exact) mass is 427 g/mol. The summed E-state index contributed by atoms with van der Waals surface area (Å²) in [6.45, 7) is 2.90. The van der Waals surface area contributed by atoms with Gasteiger partial charge in [-0.15, -0.1) is 0 Å². The van der Waals surface area contributed by atoms with Crippen molar-refractivity contribution in [2.45, 2.75) is 24.7 Å². The third-order valence-corrected chi connectivity index (χ3v) is 5.70. The first-order valence-electron chi connectivity index (χ1n) is 8.02. The van der Waals surface area contributed by atoms with Crippen molar-refractivity contribution in [3.63, 3.8) is 0 Å². The predicted octanol–water partition coefficient (Wildman–Crippen LogP) is 3.77. The van der Waals surface area contributed by atoms with Gasteiger partial charge in [0.25, 0.3) is 0 Å². The number of aryl methyl sites for hydroxylation is 1. The number of rotatable bonds is 9. The lowest BCUT2D eigenvalue weighted by Crippen LogP contribution is -2.25. The van der Waals surface area contributed by atoms with Gasteiger partial charge in [0, 0.05) is 6.54 Å². The molecule has 2 rings (SSSR count). The number of halogens is 1. The van der Waals surface area contributed by atoms with Gasteiger partial charge in [-0.05, 0) is 65.5 Å². The van der Waals surface area contributed by atoms with Crippen molar-refractivity contribution in [1.82, 2.24) is 4.72 Å². The quantitative estimate of drug-likeness (QED) is 0.618. The highest BCUT2D eigenvalue weighted by Crippen LogP contribution is 2.27. The van der Waals surface area contributed by atoms with Crippen LogP contribution in [0.4, 0.5) is 0 Å². The lowest BCUT2D eigenvalue weighted by molar-refractivity contribution is 0.336. The van der Waals surface area contributed by atoms with E-state index in [2.05, 4.69) is 20.7 Å². The number of benzene rings is 2. The standard InChI is InChI=1S/C18H22BrNO4S/c1-3-24-17-9-5-4-7-14(17)8-6-12-20-25(21,22)15-10-11-18(23-2)16(19)13-15/h4-5,7,9-11,13,20H,3,6,8,12H2,1-2H3. The number of para-hydroxylation sites is 1. The fraction of sp³-hybridized carbons (Fsp3) is 0.333. The van der Waals surface area contributed by atoms with Crippen molar-refractivity contribution >= 4 is 26.0 Å². The summed E-state index contributed by atoms with van der Waals surface area (Å²) in [5.41, 5.74) is 1.08. The molecule has 0 aliphatic carbocycles. The minimum atomic E-state index is -3.55. The van der Waals surface area contributed by atoms with Crippen LogP contribution in [0, 0.1) is 0 Å². The largest absolute Gasteiger partial charge is 0.496 e. The Bertz CT molecular complexity index is 808. The van der Waals surface area contributed by atoms with E-state index in [4.69, 9.17) is 9.47 Å². The fourth-order valence-electron chi connectivity index (χ4n) is 2.39. The maximum Gasteiger partial charge on any atom is 0.240 e. The van der Waals surface area contributed by atoms with Crippen molar-refractivity contribution in [2.24, 2.45) is 0 Å². The summed E-state index contributed by atoms with van der Waals surface area (Å²) in [5.74, 6) is 1.44. The molecule has 0 atom stereocenters. The van der Waals surface area contributed by atoms with Gasteiger partial charge in [0.1, 0.15) is 11.5 Å². The fourth-order valence-corrected chi connectivity index (χ4v) is 4.18. The normalized spacial score (nSPS) is 11.3. The van der Waals surface area contributed by atoms with Crippen LogP contribution in [0.5, 0.6) is 11.5 Å². The lowest BCUT2D eigenvalue weighted by Gasteiger charge is -2.11. The van der Waals surface area contributed by atoms with E-state index in [-0.39, 0.29) is 4.90 Å². The first kappa shape index (κ1) is 19.8. The molecule has 0 saturated heterocycles. The summed E-state index contributed by atoms with van der Waals surface area (Å²) in [6.07, 6.45) is 1.42. The molecule has 0 aliphatic rings. The Hall–Kier alpha value is -1.57. The molecule has 5 nitrogen and oxygen atoms in total. The average Bonchev–Trinajstić information content (AvgIpc) is 2.60. The van der Waals surface area contributed by atoms with Crippen LogP contribution in [0.25, 0.3) is 0 Å². The third kappa shape index (κ3) is 5.45. The molecule has 0 heterocycles. The Labute approximate surface area is 157 Å². The maximum atomic E-state index is 12.4. The predicted molar refractivity (Wildman–Crippen MR) is 102 cm³/mol. The second-order valence-corrected chi connectivity index (χ2v) is 7.96. The van der Waals surface area contributed by atoms with Crippen molar-refractivity contribution in [2.75, 3.05) is 20.3 Å². The van der Waals surface area contributed by atoms with Crippen molar-refractivity contribution < 1.29 is 17.9 Å². The van der Waals surface area contributed by atoms with Gasteiger partial charge >= 0.3 is 0 Å². The van der Waals surface area contributed by atoms with Crippen LogP contribution >= 0.6 is 15.9 Å². The number of nitrogens with one attached hydrogen (secondary N) is 1. The van der Waals surface area contributed by atoms with E-state index < -0.39 is 10.0 Å². The number of methoxy groups -OCH3 is 1. The highest BCUT2D eigenvalue weighted by Gasteiger charge is 2.15. The SMILES string of the molecule is CCOc1ccccc1CCCNS(=O)(=O)c1ccc(OC)c(Br)c1. The van der Waals surface area contributed by atoms with E-state index in [1.807, 2.05) is 31.2 Å². The van der Waals surface area contributed by atoms with Crippen LogP contribution < -0.4 is 14.2 Å². The molecular weight excluding hydrogens is 406 g/mol. The van der Waals surface area contributed by atoms with Crippen molar-refractivity contribution in [3.05, 3.63) is 52.5 Å². The van der Waals surface area contributed by atoms with Crippen molar-refractivity contribution in [1.29, 1.82) is 0 Å². The zero-order valence-electron chi connectivity index (χ0n) is 14.3. The summed E-state index contributed by atoms with van der Waals surface area (Å²) in [5, 5.41) is 0. The molecule has 136 valence electrons. The van der Waals surface area contributed by atoms with E-state index in [0.717, 1.165) is 17.7 Å². The summed E-state index contributed by atoms with van der Waals surface area (Å²) in [6, 6.07) is 12.5. The Kier molecular flexibility index (Phi) is 7.28. The minimum Gasteiger partial charge on any atom is -0.496 e. The third-order valence-electron chi connectivity index (χ3n) is 3.62. The molecule has 0 aromatic heterocycles. The Morgan fingerprint density at radius 2 is 1.88 bits per heavy atom. The number of hydrogen-bond donors (Lipinski definition) is 1. The summed E-state index contributed by atoms with van der Waals surface area (Å²) in [7, 11) is -2.02. The summed E-state index contributed by atoms with van der Waals surface area (Å²) < 4.78 is 38.7. The molecule has 25 heavy (non-hydrogen) atoms. The zero-order chi connectivity index (χ0) is 18.3. The number of hydrogen-bond acceptors (Lipinski definition) is 4. The van der Waals surface area contributed by atoms with Gasteiger partial charge in [-0.3, -0.25) is 0 Å². The molecule has 0 amide bonds. The van der Waals surface area contributed by atoms with Crippen molar-refractivity contribution in [3.8, 4) is 11.5 Å². The second kappa shape index (κ2) is 9.22. The highest BCUT2D eigenvalue weighted by atomic mass is 79.9. The molecule has 0 fully saturated rings. The zero-order valence-corrected chi connectivity index (χ0v) is 16.7. The van der Waals surface area contributed by atoms with Crippen LogP contribution in [-0.2, 0) is 16.4 Å². The molecule has 0 spiro atoms. The Balaban J connectivity index is 1.94. The van der Waals surface area contributed by atoms with Gasteiger partial charge in [-0.2, -0.15) is 0 Å². The number of sulfonamides is 1. The van der Waals surface area contributed by atoms with Crippen LogP contribution in [-0.4, -0.2) is 28.7 Å². The maximum absolute atomic E-state index is 12.4. The van der Waals surface area contributed by atoms with Gasteiger partial charge in [-0.25, -0.2) is 13.1 Å². The smallest absolute Gasteiger partial charge is 0.240 e. The highest BCUT2D eigenvalue weighted by molar-refractivity contribution is 9.10. The number of ether oxygens (including phenoxy) is 2. The molecule has 0 saturated carbocycles. The second-order valence-electron chi connectivity index (χ2n) is 5.34. The molecule has 0 aliphatic heterocycles. The van der Waals surface area contributed by atoms with E-state index in [1.54, 1.807) is 6.07 Å². The first-order chi connectivity index (χ1) is 12.0. The molecular formula is C18H22BrNO4S. The van der Waals surface area contributed by atoms with Crippen LogP contribution in [0.1, 0.15) is 18.9 Å². The minimum absolute atomic E-state index is 0.204. The Morgan fingerprint density at radius 1 is 1.12 bits per heavy atom. The molecule has 0 unspecified atom stereocenters. The van der Waals surface area contributed by atoms with E-state index >= 15 is 0 Å². The summed E-state index contributed by atoms with van der Waals surface area (Å²) in [4.78, 5) is 0.204. The molecule has 7 heteroatoms. The lowest BCUT2D eigenvalue weighted by atomic mass is 10.1. The van der Waals surface area contributed by atoms with Crippen LogP contribution in [0.2, 0.25) is 0 Å². The molecule has 0 radical (unpaired) electrons. The van der Waals surface area contributed by atoms with Crippen LogP contribution in [0.3, 0.4) is 0 Å². The average molecular weight is 428 g/mol. The van der Waals surface area contributed by atoms with Gasteiger partial charge in [0.05, 0.1) is 23.1 Å².